The number of nitrogens with one attached hydrogen (secondary N) is 1. The van der Waals surface area contributed by atoms with Crippen molar-refractivity contribution >= 4 is 6.29 Å². The molecule has 0 fully saturated rings. The predicted molar refractivity (Wildman–Crippen MR) is 51.9 cm³/mol. The number of allylic oxidation sites excluding steroid dienone is 2. The Labute approximate surface area is 75.0 Å². The van der Waals surface area contributed by atoms with Crippen LogP contribution in [0.5, 0.6) is 0 Å². The Bertz CT molecular complexity index is 150. The van der Waals surface area contributed by atoms with Gasteiger partial charge in [0.25, 0.3) is 0 Å². The van der Waals surface area contributed by atoms with E-state index in [1.54, 1.807) is 6.08 Å². The van der Waals surface area contributed by atoms with E-state index in [1.165, 1.54) is 0 Å². The molecule has 0 unspecified atom stereocenters. The predicted octanol–water partition coefficient (Wildman–Crippen LogP) is 2.11. The third-order valence-electron chi connectivity index (χ3n) is 1.53. The summed E-state index contributed by atoms with van der Waals surface area (Å²) >= 11 is 0. The van der Waals surface area contributed by atoms with E-state index in [2.05, 4.69) is 26.1 Å². The van der Waals surface area contributed by atoms with Gasteiger partial charge in [0.05, 0.1) is 0 Å². The van der Waals surface area contributed by atoms with Gasteiger partial charge in [-0.15, -0.1) is 0 Å². The maximum atomic E-state index is 10.2. The first-order valence-corrected chi connectivity index (χ1v) is 4.58. The summed E-state index contributed by atoms with van der Waals surface area (Å²) in [6.45, 7) is 7.35. The number of hydrogen-bond donors (Lipinski definition) is 1. The van der Waals surface area contributed by atoms with E-state index in [1.807, 2.05) is 0 Å². The lowest BCUT2D eigenvalue weighted by Crippen LogP contribution is -2.19. The zero-order valence-electron chi connectivity index (χ0n) is 8.26. The van der Waals surface area contributed by atoms with Crippen molar-refractivity contribution in [2.24, 2.45) is 5.92 Å². The molecule has 0 aromatic heterocycles. The molecule has 0 amide bonds. The van der Waals surface area contributed by atoms with Crippen LogP contribution in [-0.2, 0) is 4.79 Å². The maximum Gasteiger partial charge on any atom is 0.144 e. The van der Waals surface area contributed by atoms with Gasteiger partial charge in [-0.1, -0.05) is 27.2 Å². The Hall–Kier alpha value is -0.790. The first kappa shape index (κ1) is 11.2. The Kier molecular flexibility index (Phi) is 6.44. The summed E-state index contributed by atoms with van der Waals surface area (Å²) in [4.78, 5) is 10.2. The van der Waals surface area contributed by atoms with E-state index >= 15 is 0 Å². The fourth-order valence-electron chi connectivity index (χ4n) is 0.917. The number of hydrogen-bond acceptors (Lipinski definition) is 2. The fraction of sp³-hybridized carbons (Fsp3) is 0.700. The Balaban J connectivity index is 3.79. The van der Waals surface area contributed by atoms with Crippen LogP contribution in [0.3, 0.4) is 0 Å². The van der Waals surface area contributed by atoms with Crippen LogP contribution in [-0.4, -0.2) is 12.8 Å². The second kappa shape index (κ2) is 6.89. The monoisotopic (exact) mass is 169 g/mol. The van der Waals surface area contributed by atoms with E-state index in [0.717, 1.165) is 31.4 Å². The first-order chi connectivity index (χ1) is 5.70. The molecular weight excluding hydrogens is 150 g/mol. The van der Waals surface area contributed by atoms with Crippen LogP contribution >= 0.6 is 0 Å². The fourth-order valence-corrected chi connectivity index (χ4v) is 0.917. The number of rotatable bonds is 6. The first-order valence-electron chi connectivity index (χ1n) is 4.58. The summed E-state index contributed by atoms with van der Waals surface area (Å²) in [7, 11) is 0. The molecule has 0 aliphatic rings. The van der Waals surface area contributed by atoms with Crippen molar-refractivity contribution in [3.05, 3.63) is 11.8 Å². The van der Waals surface area contributed by atoms with Crippen molar-refractivity contribution < 1.29 is 4.79 Å². The SMILES string of the molecule is CCCC(=CC=O)NCC(C)C. The molecule has 0 saturated carbocycles. The van der Waals surface area contributed by atoms with Crippen LogP contribution < -0.4 is 5.32 Å². The van der Waals surface area contributed by atoms with Crippen molar-refractivity contribution in [2.75, 3.05) is 6.54 Å². The summed E-state index contributed by atoms with van der Waals surface area (Å²) in [6.07, 6.45) is 4.50. The van der Waals surface area contributed by atoms with Crippen molar-refractivity contribution in [1.82, 2.24) is 5.32 Å². The van der Waals surface area contributed by atoms with Crippen LogP contribution in [0.2, 0.25) is 0 Å². The second-order valence-electron chi connectivity index (χ2n) is 3.35. The van der Waals surface area contributed by atoms with E-state index < -0.39 is 0 Å². The van der Waals surface area contributed by atoms with E-state index in [-0.39, 0.29) is 0 Å². The van der Waals surface area contributed by atoms with Gasteiger partial charge in [-0.05, 0) is 18.4 Å². The van der Waals surface area contributed by atoms with Gasteiger partial charge in [-0.25, -0.2) is 0 Å². The molecule has 0 spiro atoms. The van der Waals surface area contributed by atoms with Crippen LogP contribution in [0, 0.1) is 5.92 Å². The number of aldehydes is 1. The minimum absolute atomic E-state index is 0.622. The van der Waals surface area contributed by atoms with E-state index in [0.29, 0.717) is 5.92 Å². The van der Waals surface area contributed by atoms with E-state index in [4.69, 9.17) is 0 Å². The molecule has 1 N–H and O–H groups in total. The van der Waals surface area contributed by atoms with Gasteiger partial charge < -0.3 is 5.32 Å². The lowest BCUT2D eigenvalue weighted by atomic mass is 10.2. The van der Waals surface area contributed by atoms with Gasteiger partial charge in [0.1, 0.15) is 6.29 Å². The molecule has 0 saturated heterocycles. The third-order valence-corrected chi connectivity index (χ3v) is 1.53. The number of carbonyl (C=O) groups excluding carboxylic acids is 1. The molecule has 2 heteroatoms. The minimum atomic E-state index is 0.622. The Morgan fingerprint density at radius 1 is 1.50 bits per heavy atom. The summed E-state index contributed by atoms with van der Waals surface area (Å²) < 4.78 is 0. The molecule has 0 rings (SSSR count). The smallest absolute Gasteiger partial charge is 0.144 e. The molecule has 2 nitrogen and oxygen atoms in total. The van der Waals surface area contributed by atoms with Gasteiger partial charge in [0.15, 0.2) is 0 Å². The van der Waals surface area contributed by atoms with Gasteiger partial charge >= 0.3 is 0 Å². The lowest BCUT2D eigenvalue weighted by molar-refractivity contribution is -0.104. The molecule has 0 aromatic rings. The van der Waals surface area contributed by atoms with Gasteiger partial charge in [-0.3, -0.25) is 4.79 Å². The molecule has 0 aliphatic carbocycles. The normalized spacial score (nSPS) is 11.8. The maximum absolute atomic E-state index is 10.2. The molecule has 0 heterocycles. The van der Waals surface area contributed by atoms with Crippen LogP contribution in [0.15, 0.2) is 11.8 Å². The highest BCUT2D eigenvalue weighted by atomic mass is 16.1. The molecule has 0 aliphatic heterocycles. The zero-order valence-corrected chi connectivity index (χ0v) is 8.26. The molecule has 12 heavy (non-hydrogen) atoms. The second-order valence-corrected chi connectivity index (χ2v) is 3.35. The molecule has 0 aromatic carbocycles. The van der Waals surface area contributed by atoms with Gasteiger partial charge in [-0.2, -0.15) is 0 Å². The largest absolute Gasteiger partial charge is 0.388 e. The molecule has 0 atom stereocenters. The van der Waals surface area contributed by atoms with Gasteiger partial charge in [0, 0.05) is 12.2 Å². The van der Waals surface area contributed by atoms with Crippen LogP contribution in [0.1, 0.15) is 33.6 Å². The average molecular weight is 169 g/mol. The summed E-state index contributed by atoms with van der Waals surface area (Å²) in [6, 6.07) is 0. The summed E-state index contributed by atoms with van der Waals surface area (Å²) in [5, 5.41) is 3.25. The van der Waals surface area contributed by atoms with Crippen molar-refractivity contribution in [3.63, 3.8) is 0 Å². The zero-order chi connectivity index (χ0) is 9.40. The third kappa shape index (κ3) is 5.96. The average Bonchev–Trinajstić information content (AvgIpc) is 2.01. The quantitative estimate of drug-likeness (QED) is 0.487. The molecule has 0 bridgehead atoms. The minimum Gasteiger partial charge on any atom is -0.388 e. The molecular formula is C10H19NO. The standard InChI is InChI=1S/C10H19NO/c1-4-5-10(6-7-12)11-8-9(2)3/h6-7,9,11H,4-5,8H2,1-3H3. The van der Waals surface area contributed by atoms with Crippen LogP contribution in [0.25, 0.3) is 0 Å². The van der Waals surface area contributed by atoms with Crippen molar-refractivity contribution in [1.29, 1.82) is 0 Å². The van der Waals surface area contributed by atoms with Crippen molar-refractivity contribution in [2.45, 2.75) is 33.6 Å². The highest BCUT2D eigenvalue weighted by Crippen LogP contribution is 2.00. The topological polar surface area (TPSA) is 29.1 Å². The number of carbonyl (C=O) groups is 1. The van der Waals surface area contributed by atoms with Crippen molar-refractivity contribution in [3.8, 4) is 0 Å². The molecule has 70 valence electrons. The highest BCUT2D eigenvalue weighted by Gasteiger charge is 1.96. The van der Waals surface area contributed by atoms with Crippen LogP contribution in [0.4, 0.5) is 0 Å². The summed E-state index contributed by atoms with van der Waals surface area (Å²) in [5.74, 6) is 0.622. The molecule has 0 radical (unpaired) electrons. The highest BCUT2D eigenvalue weighted by molar-refractivity contribution is 5.65. The van der Waals surface area contributed by atoms with E-state index in [9.17, 15) is 4.79 Å². The Morgan fingerprint density at radius 2 is 2.17 bits per heavy atom. The Morgan fingerprint density at radius 3 is 2.58 bits per heavy atom. The van der Waals surface area contributed by atoms with Gasteiger partial charge in [0.2, 0.25) is 0 Å². The summed E-state index contributed by atoms with van der Waals surface area (Å²) in [5.41, 5.74) is 1.06. The lowest BCUT2D eigenvalue weighted by Gasteiger charge is -2.11.